The summed E-state index contributed by atoms with van der Waals surface area (Å²) < 4.78 is 24.7. The van der Waals surface area contributed by atoms with Crippen LogP contribution in [0.2, 0.25) is 0 Å². The molecule has 3 aliphatic rings. The van der Waals surface area contributed by atoms with Gasteiger partial charge in [-0.3, -0.25) is 0 Å². The van der Waals surface area contributed by atoms with Gasteiger partial charge < -0.3 is 28.7 Å². The molecule has 0 spiro atoms. The van der Waals surface area contributed by atoms with Crippen LogP contribution in [0, 0.1) is 0 Å². The van der Waals surface area contributed by atoms with Gasteiger partial charge in [-0.1, -0.05) is 6.07 Å². The molecule has 3 aromatic rings. The van der Waals surface area contributed by atoms with Crippen LogP contribution in [0.5, 0.6) is 5.75 Å². The van der Waals surface area contributed by atoms with Gasteiger partial charge in [0, 0.05) is 50.2 Å². The van der Waals surface area contributed by atoms with Gasteiger partial charge in [-0.15, -0.1) is 10.2 Å². The number of methoxy groups -OCH3 is 1. The van der Waals surface area contributed by atoms with E-state index in [0.717, 1.165) is 74.2 Å². The van der Waals surface area contributed by atoms with E-state index in [4.69, 9.17) is 18.9 Å². The number of benzene rings is 1. The summed E-state index contributed by atoms with van der Waals surface area (Å²) in [5.74, 6) is 1.45. The Morgan fingerprint density at radius 2 is 1.91 bits per heavy atom. The van der Waals surface area contributed by atoms with E-state index in [1.807, 2.05) is 73.1 Å². The molecule has 2 aromatic heterocycles. The van der Waals surface area contributed by atoms with Crippen molar-refractivity contribution in [2.24, 2.45) is 0 Å². The van der Waals surface area contributed by atoms with Gasteiger partial charge in [0.15, 0.2) is 12.6 Å². The maximum absolute atomic E-state index is 13.0. The summed E-state index contributed by atoms with van der Waals surface area (Å²) in [7, 11) is 1.60. The number of amides is 1. The van der Waals surface area contributed by atoms with Crippen LogP contribution in [-0.4, -0.2) is 82.3 Å². The Bertz CT molecular complexity index is 1390. The first-order valence-electron chi connectivity index (χ1n) is 15.3. The van der Waals surface area contributed by atoms with Crippen LogP contribution in [-0.2, 0) is 14.2 Å². The minimum Gasteiger partial charge on any atom is -0.467 e. The van der Waals surface area contributed by atoms with Crippen LogP contribution >= 0.6 is 0 Å². The number of anilines is 1. The lowest BCUT2D eigenvalue weighted by molar-refractivity contribution is -0.0394. The van der Waals surface area contributed by atoms with E-state index in [9.17, 15) is 4.79 Å². The number of carbonyl (C=O) groups is 1. The lowest BCUT2D eigenvalue weighted by Gasteiger charge is -2.31. The molecule has 1 aliphatic carbocycles. The van der Waals surface area contributed by atoms with Crippen molar-refractivity contribution in [1.82, 2.24) is 24.9 Å². The maximum Gasteiger partial charge on any atom is 0.410 e. The molecular formula is C32H42N6O5. The Morgan fingerprint density at radius 3 is 2.60 bits per heavy atom. The molecule has 6 rings (SSSR count). The summed E-state index contributed by atoms with van der Waals surface area (Å²) in [4.78, 5) is 17.1. The molecule has 43 heavy (non-hydrogen) atoms. The highest BCUT2D eigenvalue weighted by Crippen LogP contribution is 2.36. The Balaban J connectivity index is 1.16. The zero-order valence-electron chi connectivity index (χ0n) is 25.6. The topological polar surface area (TPSA) is 104 Å². The zero-order valence-corrected chi connectivity index (χ0v) is 25.6. The van der Waals surface area contributed by atoms with Gasteiger partial charge in [0.1, 0.15) is 17.6 Å². The van der Waals surface area contributed by atoms with Crippen molar-refractivity contribution >= 4 is 11.9 Å². The average molecular weight is 591 g/mol. The molecule has 11 nitrogen and oxygen atoms in total. The van der Waals surface area contributed by atoms with Crippen LogP contribution in [0.3, 0.4) is 0 Å². The number of carbonyl (C=O) groups excluding carboxylic acids is 1. The van der Waals surface area contributed by atoms with Crippen molar-refractivity contribution in [3.63, 3.8) is 0 Å². The summed E-state index contributed by atoms with van der Waals surface area (Å²) in [5.41, 5.74) is 2.98. The van der Waals surface area contributed by atoms with Crippen LogP contribution in [0.4, 0.5) is 10.6 Å². The molecule has 2 aliphatic heterocycles. The van der Waals surface area contributed by atoms with E-state index in [1.54, 1.807) is 7.11 Å². The number of nitrogens with zero attached hydrogens (tertiary/aromatic N) is 6. The quantitative estimate of drug-likeness (QED) is 0.292. The normalized spacial score (nSPS) is 20.7. The zero-order chi connectivity index (χ0) is 30.0. The molecule has 4 heterocycles. The summed E-state index contributed by atoms with van der Waals surface area (Å²) in [6.07, 6.45) is 9.81. The van der Waals surface area contributed by atoms with Gasteiger partial charge in [0.05, 0.1) is 17.9 Å². The lowest BCUT2D eigenvalue weighted by Crippen LogP contribution is -2.46. The highest BCUT2D eigenvalue weighted by molar-refractivity contribution is 5.74. The second-order valence-corrected chi connectivity index (χ2v) is 12.6. The molecule has 11 heteroatoms. The number of aromatic nitrogens is 4. The largest absolute Gasteiger partial charge is 0.467 e. The average Bonchev–Trinajstić information content (AvgIpc) is 3.48. The van der Waals surface area contributed by atoms with Crippen molar-refractivity contribution in [3.8, 4) is 28.1 Å². The summed E-state index contributed by atoms with van der Waals surface area (Å²) >= 11 is 0. The fourth-order valence-corrected chi connectivity index (χ4v) is 5.81. The molecule has 230 valence electrons. The van der Waals surface area contributed by atoms with E-state index in [-0.39, 0.29) is 31.2 Å². The second-order valence-electron chi connectivity index (χ2n) is 12.6. The van der Waals surface area contributed by atoms with Crippen molar-refractivity contribution in [2.75, 3.05) is 38.5 Å². The molecular weight excluding hydrogens is 548 g/mol. The second kappa shape index (κ2) is 12.5. The van der Waals surface area contributed by atoms with Crippen LogP contribution < -0.4 is 9.64 Å². The van der Waals surface area contributed by atoms with E-state index < -0.39 is 5.60 Å². The van der Waals surface area contributed by atoms with Crippen LogP contribution in [0.25, 0.3) is 22.4 Å². The SMILES string of the molecule is COCOc1cc(-c2cnn(C3CCCCO3)c2)ccc1-c1ccc(N2CC[C@@H](N(C(=O)OC(C)(C)C)C3CC3)C2)nn1. The van der Waals surface area contributed by atoms with Gasteiger partial charge in [0.2, 0.25) is 0 Å². The number of rotatable bonds is 9. The predicted molar refractivity (Wildman–Crippen MR) is 162 cm³/mol. The highest BCUT2D eigenvalue weighted by atomic mass is 16.7. The summed E-state index contributed by atoms with van der Waals surface area (Å²) in [6.45, 7) is 8.13. The maximum atomic E-state index is 13.0. The van der Waals surface area contributed by atoms with Gasteiger partial charge in [-0.2, -0.15) is 5.10 Å². The van der Waals surface area contributed by atoms with Crippen molar-refractivity contribution < 1.29 is 23.7 Å². The highest BCUT2D eigenvalue weighted by Gasteiger charge is 2.42. The van der Waals surface area contributed by atoms with E-state index in [2.05, 4.69) is 20.2 Å². The molecule has 0 radical (unpaired) electrons. The summed E-state index contributed by atoms with van der Waals surface area (Å²) in [5, 5.41) is 13.7. The number of hydrogen-bond acceptors (Lipinski definition) is 9. The molecule has 1 saturated carbocycles. The predicted octanol–water partition coefficient (Wildman–Crippen LogP) is 5.67. The molecule has 0 bridgehead atoms. The minimum atomic E-state index is -0.514. The first kappa shape index (κ1) is 29.4. The number of hydrogen-bond donors (Lipinski definition) is 0. The minimum absolute atomic E-state index is 0.0141. The molecule has 1 unspecified atom stereocenters. The van der Waals surface area contributed by atoms with Gasteiger partial charge >= 0.3 is 6.09 Å². The van der Waals surface area contributed by atoms with Crippen LogP contribution in [0.1, 0.15) is 65.5 Å². The Labute approximate surface area is 253 Å². The molecule has 3 fully saturated rings. The third-order valence-corrected chi connectivity index (χ3v) is 8.05. The fourth-order valence-electron chi connectivity index (χ4n) is 5.81. The molecule has 2 saturated heterocycles. The monoisotopic (exact) mass is 590 g/mol. The number of ether oxygens (including phenoxy) is 4. The smallest absolute Gasteiger partial charge is 0.410 e. The first-order chi connectivity index (χ1) is 20.8. The van der Waals surface area contributed by atoms with E-state index in [1.165, 1.54) is 0 Å². The molecule has 2 atom stereocenters. The van der Waals surface area contributed by atoms with E-state index >= 15 is 0 Å². The van der Waals surface area contributed by atoms with E-state index in [0.29, 0.717) is 18.0 Å². The summed E-state index contributed by atoms with van der Waals surface area (Å²) in [6, 6.07) is 10.4. The third kappa shape index (κ3) is 6.94. The van der Waals surface area contributed by atoms with Crippen molar-refractivity contribution in [2.45, 2.75) is 83.2 Å². The molecule has 1 amide bonds. The van der Waals surface area contributed by atoms with Gasteiger partial charge in [-0.05, 0) is 89.1 Å². The van der Waals surface area contributed by atoms with Crippen LogP contribution in [0.15, 0.2) is 42.7 Å². The molecule has 0 N–H and O–H groups in total. The Hall–Kier alpha value is -3.70. The molecule has 1 aromatic carbocycles. The lowest BCUT2D eigenvalue weighted by atomic mass is 10.0. The Kier molecular flexibility index (Phi) is 8.54. The van der Waals surface area contributed by atoms with Crippen molar-refractivity contribution in [3.05, 3.63) is 42.7 Å². The van der Waals surface area contributed by atoms with Crippen molar-refractivity contribution in [1.29, 1.82) is 0 Å². The first-order valence-corrected chi connectivity index (χ1v) is 15.3. The third-order valence-electron chi connectivity index (χ3n) is 8.05. The standard InChI is InChI=1S/C32H42N6O5/c1-32(2,3)43-31(39)38(24-9-10-24)25-14-15-36(20-25)29-13-12-27(34-35-29)26-11-8-22(17-28(26)42-21-40-4)23-18-33-37(19-23)30-7-5-6-16-41-30/h8,11-13,17-19,24-25,30H,5-7,9-10,14-16,20-21H2,1-4H3/t25-,30?/m1/s1. The Morgan fingerprint density at radius 1 is 1.05 bits per heavy atom. The van der Waals surface area contributed by atoms with Gasteiger partial charge in [-0.25, -0.2) is 9.48 Å². The van der Waals surface area contributed by atoms with Gasteiger partial charge in [0.25, 0.3) is 0 Å². The fraction of sp³-hybridized carbons (Fsp3) is 0.562.